The molecule has 0 aliphatic carbocycles. The Labute approximate surface area is 131 Å². The van der Waals surface area contributed by atoms with Gasteiger partial charge in [-0.3, -0.25) is 13.9 Å². The Bertz CT molecular complexity index is 636. The Morgan fingerprint density at radius 1 is 1.18 bits per heavy atom. The maximum absolute atomic E-state index is 11.9. The van der Waals surface area contributed by atoms with E-state index in [1.165, 1.54) is 11.2 Å². The summed E-state index contributed by atoms with van der Waals surface area (Å²) in [6.07, 6.45) is 1.11. The van der Waals surface area contributed by atoms with Crippen molar-refractivity contribution in [2.24, 2.45) is 5.92 Å². The number of anilines is 1. The molecule has 1 amide bonds. The minimum absolute atomic E-state index is 0.0818. The third kappa shape index (κ3) is 5.14. The Hall–Kier alpha value is -1.89. The van der Waals surface area contributed by atoms with E-state index in [1.807, 2.05) is 0 Å². The van der Waals surface area contributed by atoms with Crippen molar-refractivity contribution in [2.75, 3.05) is 23.7 Å². The molecule has 0 saturated carbocycles. The number of ketones is 1. The van der Waals surface area contributed by atoms with Crippen LogP contribution in [-0.4, -0.2) is 39.5 Å². The molecule has 1 rings (SSSR count). The molecule has 22 heavy (non-hydrogen) atoms. The number of carbonyl (C=O) groups excluding carboxylic acids is 2. The lowest BCUT2D eigenvalue weighted by molar-refractivity contribution is -0.123. The fourth-order valence-electron chi connectivity index (χ4n) is 1.83. The van der Waals surface area contributed by atoms with Gasteiger partial charge in [0.05, 0.1) is 18.5 Å². The van der Waals surface area contributed by atoms with Crippen LogP contribution in [0.25, 0.3) is 0 Å². The van der Waals surface area contributed by atoms with Gasteiger partial charge in [-0.25, -0.2) is 8.42 Å². The maximum atomic E-state index is 11.9. The summed E-state index contributed by atoms with van der Waals surface area (Å²) in [6.45, 7) is 5.34. The molecule has 7 heteroatoms. The molecular formula is C15H22N2O4S. The zero-order valence-corrected chi connectivity index (χ0v) is 14.1. The van der Waals surface area contributed by atoms with Gasteiger partial charge in [0.15, 0.2) is 5.78 Å². The van der Waals surface area contributed by atoms with Crippen molar-refractivity contribution in [3.63, 3.8) is 0 Å². The lowest BCUT2D eigenvalue weighted by atomic mass is 10.1. The standard InChI is InChI=1S/C15H22N2O4S/c1-11(2)15(19)16-9-10-17(22(4,20)21)14-7-5-13(6-8-14)12(3)18/h5-8,11H,9-10H2,1-4H3,(H,16,19). The molecule has 0 aromatic heterocycles. The molecule has 1 aromatic rings. The molecule has 0 radical (unpaired) electrons. The van der Waals surface area contributed by atoms with Gasteiger partial charge in [0.25, 0.3) is 0 Å². The van der Waals surface area contributed by atoms with E-state index in [1.54, 1.807) is 38.1 Å². The van der Waals surface area contributed by atoms with Crippen LogP contribution in [0.4, 0.5) is 5.69 Å². The molecule has 0 aliphatic heterocycles. The summed E-state index contributed by atoms with van der Waals surface area (Å²) >= 11 is 0. The fraction of sp³-hybridized carbons (Fsp3) is 0.467. The van der Waals surface area contributed by atoms with E-state index in [-0.39, 0.29) is 30.7 Å². The second-order valence-corrected chi connectivity index (χ2v) is 7.29. The number of rotatable bonds is 7. The Balaban J connectivity index is 2.86. The number of carbonyl (C=O) groups is 2. The molecular weight excluding hydrogens is 304 g/mol. The van der Waals surface area contributed by atoms with Crippen LogP contribution in [0.2, 0.25) is 0 Å². The quantitative estimate of drug-likeness (QED) is 0.768. The van der Waals surface area contributed by atoms with E-state index in [9.17, 15) is 18.0 Å². The molecule has 0 bridgehead atoms. The summed E-state index contributed by atoms with van der Waals surface area (Å²) in [7, 11) is -3.47. The van der Waals surface area contributed by atoms with Crippen molar-refractivity contribution in [2.45, 2.75) is 20.8 Å². The highest BCUT2D eigenvalue weighted by Gasteiger charge is 2.18. The summed E-state index contributed by atoms with van der Waals surface area (Å²) in [5, 5.41) is 2.68. The number of sulfonamides is 1. The first-order chi connectivity index (χ1) is 10.1. The van der Waals surface area contributed by atoms with Crippen LogP contribution in [-0.2, 0) is 14.8 Å². The molecule has 0 saturated heterocycles. The van der Waals surface area contributed by atoms with Crippen molar-refractivity contribution >= 4 is 27.4 Å². The van der Waals surface area contributed by atoms with E-state index in [0.29, 0.717) is 11.3 Å². The van der Waals surface area contributed by atoms with Crippen molar-refractivity contribution < 1.29 is 18.0 Å². The van der Waals surface area contributed by atoms with Gasteiger partial charge in [-0.1, -0.05) is 13.8 Å². The fourth-order valence-corrected chi connectivity index (χ4v) is 2.76. The predicted octanol–water partition coefficient (Wildman–Crippen LogP) is 1.43. The van der Waals surface area contributed by atoms with Gasteiger partial charge in [0, 0.05) is 18.0 Å². The van der Waals surface area contributed by atoms with Gasteiger partial charge in [-0.05, 0) is 31.2 Å². The summed E-state index contributed by atoms with van der Waals surface area (Å²) < 4.78 is 25.0. The summed E-state index contributed by atoms with van der Waals surface area (Å²) in [6, 6.07) is 6.34. The highest BCUT2D eigenvalue weighted by Crippen LogP contribution is 2.18. The molecule has 6 nitrogen and oxygen atoms in total. The predicted molar refractivity (Wildman–Crippen MR) is 86.5 cm³/mol. The molecule has 0 heterocycles. The van der Waals surface area contributed by atoms with Gasteiger partial charge in [0.2, 0.25) is 15.9 Å². The molecule has 122 valence electrons. The van der Waals surface area contributed by atoms with Crippen LogP contribution in [0, 0.1) is 5.92 Å². The average molecular weight is 326 g/mol. The first kappa shape index (κ1) is 18.2. The summed E-state index contributed by atoms with van der Waals surface area (Å²) in [4.78, 5) is 22.8. The van der Waals surface area contributed by atoms with Crippen LogP contribution in [0.15, 0.2) is 24.3 Å². The second-order valence-electron chi connectivity index (χ2n) is 5.38. The van der Waals surface area contributed by atoms with E-state index in [4.69, 9.17) is 0 Å². The Morgan fingerprint density at radius 3 is 2.14 bits per heavy atom. The number of Topliss-reactive ketones (excluding diaryl/α,β-unsaturated/α-hetero) is 1. The topological polar surface area (TPSA) is 83.6 Å². The van der Waals surface area contributed by atoms with Gasteiger partial charge in [-0.15, -0.1) is 0 Å². The summed E-state index contributed by atoms with van der Waals surface area (Å²) in [5.74, 6) is -0.358. The van der Waals surface area contributed by atoms with Gasteiger partial charge in [-0.2, -0.15) is 0 Å². The zero-order valence-electron chi connectivity index (χ0n) is 13.3. The van der Waals surface area contributed by atoms with Gasteiger partial charge < -0.3 is 5.32 Å². The zero-order chi connectivity index (χ0) is 16.9. The molecule has 0 aliphatic rings. The van der Waals surface area contributed by atoms with Crippen LogP contribution < -0.4 is 9.62 Å². The molecule has 1 N–H and O–H groups in total. The molecule has 0 spiro atoms. The number of benzene rings is 1. The first-order valence-corrected chi connectivity index (χ1v) is 8.84. The van der Waals surface area contributed by atoms with E-state index >= 15 is 0 Å². The van der Waals surface area contributed by atoms with Crippen LogP contribution in [0.5, 0.6) is 0 Å². The number of hydrogen-bond donors (Lipinski definition) is 1. The molecule has 1 aromatic carbocycles. The van der Waals surface area contributed by atoms with Crippen LogP contribution in [0.3, 0.4) is 0 Å². The highest BCUT2D eigenvalue weighted by atomic mass is 32.2. The van der Waals surface area contributed by atoms with Crippen molar-refractivity contribution in [3.8, 4) is 0 Å². The van der Waals surface area contributed by atoms with Crippen molar-refractivity contribution in [1.82, 2.24) is 5.32 Å². The minimum atomic E-state index is -3.47. The molecule has 0 fully saturated rings. The number of hydrogen-bond acceptors (Lipinski definition) is 4. The van der Waals surface area contributed by atoms with Gasteiger partial charge in [0.1, 0.15) is 0 Å². The van der Waals surface area contributed by atoms with Gasteiger partial charge >= 0.3 is 0 Å². The smallest absolute Gasteiger partial charge is 0.232 e. The normalized spacial score (nSPS) is 11.3. The lowest BCUT2D eigenvalue weighted by Gasteiger charge is -2.23. The van der Waals surface area contributed by atoms with E-state index in [2.05, 4.69) is 5.32 Å². The SMILES string of the molecule is CC(=O)c1ccc(N(CCNC(=O)C(C)C)S(C)(=O)=O)cc1. The Morgan fingerprint density at radius 2 is 1.73 bits per heavy atom. The van der Waals surface area contributed by atoms with E-state index < -0.39 is 10.0 Å². The summed E-state index contributed by atoms with van der Waals surface area (Å²) in [5.41, 5.74) is 0.983. The maximum Gasteiger partial charge on any atom is 0.232 e. The van der Waals surface area contributed by atoms with Crippen LogP contribution >= 0.6 is 0 Å². The van der Waals surface area contributed by atoms with Crippen molar-refractivity contribution in [3.05, 3.63) is 29.8 Å². The minimum Gasteiger partial charge on any atom is -0.354 e. The lowest BCUT2D eigenvalue weighted by Crippen LogP contribution is -2.39. The first-order valence-electron chi connectivity index (χ1n) is 6.99. The largest absolute Gasteiger partial charge is 0.354 e. The number of nitrogens with zero attached hydrogens (tertiary/aromatic N) is 1. The average Bonchev–Trinajstić information content (AvgIpc) is 2.42. The van der Waals surface area contributed by atoms with E-state index in [0.717, 1.165) is 6.26 Å². The molecule has 0 unspecified atom stereocenters. The Kier molecular flexibility index (Phi) is 6.11. The molecule has 0 atom stereocenters. The third-order valence-corrected chi connectivity index (χ3v) is 4.29. The monoisotopic (exact) mass is 326 g/mol. The third-order valence-electron chi connectivity index (χ3n) is 3.10. The number of nitrogens with one attached hydrogen (secondary N) is 1. The highest BCUT2D eigenvalue weighted by molar-refractivity contribution is 7.92. The second kappa shape index (κ2) is 7.40. The van der Waals surface area contributed by atoms with Crippen molar-refractivity contribution in [1.29, 1.82) is 0 Å². The number of amides is 1. The van der Waals surface area contributed by atoms with Crippen LogP contribution in [0.1, 0.15) is 31.1 Å².